The lowest BCUT2D eigenvalue weighted by Crippen LogP contribution is -2.48. The van der Waals surface area contributed by atoms with Gasteiger partial charge in [-0.1, -0.05) is 6.92 Å². The van der Waals surface area contributed by atoms with Crippen LogP contribution in [-0.2, 0) is 9.53 Å². The molecule has 1 heterocycles. The molecule has 1 N–H and O–H groups in total. The van der Waals surface area contributed by atoms with Crippen molar-refractivity contribution in [2.45, 2.75) is 39.4 Å². The number of morpholine rings is 1. The van der Waals surface area contributed by atoms with Gasteiger partial charge in [-0.3, -0.25) is 4.79 Å². The van der Waals surface area contributed by atoms with Gasteiger partial charge in [0.1, 0.15) is 11.6 Å². The summed E-state index contributed by atoms with van der Waals surface area (Å²) in [5.74, 6) is -0.219. The van der Waals surface area contributed by atoms with Gasteiger partial charge in [0, 0.05) is 25.8 Å². The highest BCUT2D eigenvalue weighted by atomic mass is 16.5. The molecular weight excluding hydrogens is 230 g/mol. The van der Waals surface area contributed by atoms with Gasteiger partial charge < -0.3 is 15.0 Å². The van der Waals surface area contributed by atoms with Crippen molar-refractivity contribution in [3.8, 4) is 6.07 Å². The molecule has 0 saturated carbocycles. The second-order valence-electron chi connectivity index (χ2n) is 4.59. The fraction of sp³-hybridized carbons (Fsp3) is 0.692. The van der Waals surface area contributed by atoms with Crippen molar-refractivity contribution in [3.05, 3.63) is 11.8 Å². The van der Waals surface area contributed by atoms with Crippen molar-refractivity contribution in [1.29, 1.82) is 5.26 Å². The van der Waals surface area contributed by atoms with Crippen LogP contribution in [0.5, 0.6) is 0 Å². The molecule has 1 aliphatic heterocycles. The Morgan fingerprint density at radius 1 is 1.50 bits per heavy atom. The van der Waals surface area contributed by atoms with Gasteiger partial charge in [-0.25, -0.2) is 0 Å². The molecule has 1 fully saturated rings. The van der Waals surface area contributed by atoms with Crippen molar-refractivity contribution in [2.75, 3.05) is 19.6 Å². The van der Waals surface area contributed by atoms with Gasteiger partial charge in [-0.2, -0.15) is 5.26 Å². The minimum atomic E-state index is -0.219. The summed E-state index contributed by atoms with van der Waals surface area (Å²) in [6.07, 6.45) is 2.49. The Hall–Kier alpha value is -1.54. The van der Waals surface area contributed by atoms with Crippen LogP contribution in [0.3, 0.4) is 0 Å². The Morgan fingerprint density at radius 2 is 2.11 bits per heavy atom. The number of carbonyl (C=O) groups is 1. The van der Waals surface area contributed by atoms with E-state index in [4.69, 9.17) is 10.00 Å². The molecule has 1 saturated heterocycles. The number of hydrogen-bond donors (Lipinski definition) is 1. The monoisotopic (exact) mass is 251 g/mol. The van der Waals surface area contributed by atoms with E-state index in [-0.39, 0.29) is 23.7 Å². The molecule has 18 heavy (non-hydrogen) atoms. The number of hydrogen-bond acceptors (Lipinski definition) is 4. The largest absolute Gasteiger partial charge is 0.390 e. The molecular formula is C13H21N3O2. The molecule has 1 amide bonds. The molecule has 0 spiro atoms. The number of nitrogens with one attached hydrogen (secondary N) is 1. The first-order valence-electron chi connectivity index (χ1n) is 6.36. The van der Waals surface area contributed by atoms with E-state index in [9.17, 15) is 4.79 Å². The molecule has 0 aromatic rings. The zero-order valence-corrected chi connectivity index (χ0v) is 11.3. The third kappa shape index (κ3) is 4.04. The van der Waals surface area contributed by atoms with E-state index in [1.807, 2.05) is 26.8 Å². The number of ether oxygens (including phenoxy) is 1. The number of carbonyl (C=O) groups excluding carboxylic acids is 1. The maximum absolute atomic E-state index is 12.2. The van der Waals surface area contributed by atoms with Crippen LogP contribution in [0, 0.1) is 11.3 Å². The SMILES string of the molecule is CCCN/C=C(/C#N)C(=O)N1CC(C)OC(C)C1. The molecule has 2 atom stereocenters. The van der Waals surface area contributed by atoms with Gasteiger partial charge in [0.15, 0.2) is 0 Å². The first-order chi connectivity index (χ1) is 8.58. The van der Waals surface area contributed by atoms with Crippen LogP contribution >= 0.6 is 0 Å². The van der Waals surface area contributed by atoms with E-state index in [0.717, 1.165) is 13.0 Å². The molecule has 0 aromatic carbocycles. The third-order valence-electron chi connectivity index (χ3n) is 2.70. The van der Waals surface area contributed by atoms with Crippen LogP contribution in [0.2, 0.25) is 0 Å². The molecule has 2 unspecified atom stereocenters. The Balaban J connectivity index is 2.66. The van der Waals surface area contributed by atoms with Crippen LogP contribution in [0.25, 0.3) is 0 Å². The van der Waals surface area contributed by atoms with E-state index in [0.29, 0.717) is 13.1 Å². The predicted octanol–water partition coefficient (Wildman–Crippen LogP) is 1.03. The predicted molar refractivity (Wildman–Crippen MR) is 68.6 cm³/mol. The lowest BCUT2D eigenvalue weighted by Gasteiger charge is -2.35. The smallest absolute Gasteiger partial charge is 0.266 e. The van der Waals surface area contributed by atoms with Crippen molar-refractivity contribution < 1.29 is 9.53 Å². The van der Waals surface area contributed by atoms with Crippen molar-refractivity contribution in [2.24, 2.45) is 0 Å². The standard InChI is InChI=1S/C13H21N3O2/c1-4-5-15-7-12(6-14)13(17)16-8-10(2)18-11(3)9-16/h7,10-11,15H,4-5,8-9H2,1-3H3/b12-7-. The lowest BCUT2D eigenvalue weighted by atomic mass is 10.2. The van der Waals surface area contributed by atoms with Crippen LogP contribution < -0.4 is 5.32 Å². The average molecular weight is 251 g/mol. The minimum absolute atomic E-state index is 0.0150. The summed E-state index contributed by atoms with van der Waals surface area (Å²) in [4.78, 5) is 13.8. The van der Waals surface area contributed by atoms with Gasteiger partial charge in [0.05, 0.1) is 12.2 Å². The molecule has 0 radical (unpaired) electrons. The Bertz CT molecular complexity index is 350. The maximum atomic E-state index is 12.2. The molecule has 0 aromatic heterocycles. The number of rotatable bonds is 4. The summed E-state index contributed by atoms with van der Waals surface area (Å²) >= 11 is 0. The summed E-state index contributed by atoms with van der Waals surface area (Å²) in [7, 11) is 0. The molecule has 0 bridgehead atoms. The van der Waals surface area contributed by atoms with E-state index >= 15 is 0 Å². The van der Waals surface area contributed by atoms with Gasteiger partial charge >= 0.3 is 0 Å². The summed E-state index contributed by atoms with van der Waals surface area (Å²) in [6.45, 7) is 7.72. The molecule has 1 aliphatic rings. The number of nitrogens with zero attached hydrogens (tertiary/aromatic N) is 2. The zero-order chi connectivity index (χ0) is 13.5. The van der Waals surface area contributed by atoms with Gasteiger partial charge in [0.25, 0.3) is 5.91 Å². The molecule has 1 rings (SSSR count). The first-order valence-corrected chi connectivity index (χ1v) is 6.36. The summed E-state index contributed by atoms with van der Waals surface area (Å²) in [5, 5.41) is 12.0. The maximum Gasteiger partial charge on any atom is 0.266 e. The van der Waals surface area contributed by atoms with Gasteiger partial charge in [-0.15, -0.1) is 0 Å². The van der Waals surface area contributed by atoms with Crippen LogP contribution in [0.15, 0.2) is 11.8 Å². The van der Waals surface area contributed by atoms with E-state index in [1.165, 1.54) is 6.20 Å². The average Bonchev–Trinajstić information content (AvgIpc) is 2.33. The van der Waals surface area contributed by atoms with Gasteiger partial charge in [0.2, 0.25) is 0 Å². The van der Waals surface area contributed by atoms with E-state index in [2.05, 4.69) is 5.32 Å². The number of nitriles is 1. The second kappa shape index (κ2) is 7.02. The zero-order valence-electron chi connectivity index (χ0n) is 11.3. The van der Waals surface area contributed by atoms with Crippen LogP contribution in [-0.4, -0.2) is 42.6 Å². The highest BCUT2D eigenvalue weighted by molar-refractivity contribution is 5.97. The Kier molecular flexibility index (Phi) is 5.66. The summed E-state index contributed by atoms with van der Waals surface area (Å²) in [6, 6.07) is 1.95. The lowest BCUT2D eigenvalue weighted by molar-refractivity contribution is -0.138. The molecule has 100 valence electrons. The van der Waals surface area contributed by atoms with Crippen LogP contribution in [0.1, 0.15) is 27.2 Å². The van der Waals surface area contributed by atoms with Crippen molar-refractivity contribution >= 4 is 5.91 Å². The number of amides is 1. The van der Waals surface area contributed by atoms with Crippen LogP contribution in [0.4, 0.5) is 0 Å². The van der Waals surface area contributed by atoms with Gasteiger partial charge in [-0.05, 0) is 20.3 Å². The highest BCUT2D eigenvalue weighted by Gasteiger charge is 2.27. The Morgan fingerprint density at radius 3 is 2.61 bits per heavy atom. The highest BCUT2D eigenvalue weighted by Crippen LogP contribution is 2.13. The first kappa shape index (κ1) is 14.5. The fourth-order valence-electron chi connectivity index (χ4n) is 1.97. The fourth-order valence-corrected chi connectivity index (χ4v) is 1.97. The molecule has 0 aliphatic carbocycles. The molecule has 5 heteroatoms. The van der Waals surface area contributed by atoms with Crippen molar-refractivity contribution in [1.82, 2.24) is 10.2 Å². The molecule has 5 nitrogen and oxygen atoms in total. The topological polar surface area (TPSA) is 65.4 Å². The summed E-state index contributed by atoms with van der Waals surface area (Å²) < 4.78 is 5.57. The minimum Gasteiger partial charge on any atom is -0.390 e. The Labute approximate surface area is 108 Å². The second-order valence-corrected chi connectivity index (χ2v) is 4.59. The van der Waals surface area contributed by atoms with E-state index in [1.54, 1.807) is 4.90 Å². The quantitative estimate of drug-likeness (QED) is 0.460. The van der Waals surface area contributed by atoms with Crippen molar-refractivity contribution in [3.63, 3.8) is 0 Å². The summed E-state index contributed by atoms with van der Waals surface area (Å²) in [5.41, 5.74) is 0.157. The third-order valence-corrected chi connectivity index (χ3v) is 2.70. The van der Waals surface area contributed by atoms with E-state index < -0.39 is 0 Å². The normalized spacial score (nSPS) is 24.6.